The summed E-state index contributed by atoms with van der Waals surface area (Å²) in [5, 5.41) is 0. The van der Waals surface area contributed by atoms with Crippen LogP contribution in [0.4, 0.5) is 0 Å². The Labute approximate surface area is 91.5 Å². The molecule has 0 heterocycles. The average molecular weight is 212 g/mol. The molecule has 0 saturated carbocycles. The van der Waals surface area contributed by atoms with E-state index in [2.05, 4.69) is 6.58 Å². The Morgan fingerprint density at radius 1 is 1.53 bits per heavy atom. The van der Waals surface area contributed by atoms with Crippen molar-refractivity contribution < 1.29 is 9.53 Å². The van der Waals surface area contributed by atoms with Gasteiger partial charge in [-0.05, 0) is 19.1 Å². The maximum Gasteiger partial charge on any atom is 0.271 e. The highest BCUT2D eigenvalue weighted by Crippen LogP contribution is 1.99. The lowest BCUT2D eigenvalue weighted by Gasteiger charge is -2.04. The Kier molecular flexibility index (Phi) is 13.2. The maximum absolute atomic E-state index is 10.7. The van der Waals surface area contributed by atoms with E-state index >= 15 is 0 Å². The summed E-state index contributed by atoms with van der Waals surface area (Å²) in [4.78, 5) is 10.7. The molecule has 0 saturated heterocycles. The first-order chi connectivity index (χ1) is 7.24. The molecule has 4 nitrogen and oxygen atoms in total. The third-order valence-corrected chi connectivity index (χ3v) is 1.14. The summed E-state index contributed by atoms with van der Waals surface area (Å²) in [6.45, 7) is 9.27. The van der Waals surface area contributed by atoms with Gasteiger partial charge in [0, 0.05) is 0 Å². The van der Waals surface area contributed by atoms with Gasteiger partial charge in [-0.15, -0.1) is 0 Å². The quantitative estimate of drug-likeness (QED) is 0.239. The monoisotopic (exact) mass is 212 g/mol. The van der Waals surface area contributed by atoms with E-state index in [4.69, 9.17) is 10.6 Å². The number of nitrogens with one attached hydrogen (secondary N) is 1. The summed E-state index contributed by atoms with van der Waals surface area (Å²) in [6.07, 6.45) is 6.76. The van der Waals surface area contributed by atoms with Crippen LogP contribution in [0.2, 0.25) is 0 Å². The molecule has 0 aliphatic rings. The molecule has 0 aromatic heterocycles. The molecular weight excluding hydrogens is 192 g/mol. The number of allylic oxidation sites excluding steroid dienone is 4. The Morgan fingerprint density at radius 2 is 2.13 bits per heavy atom. The van der Waals surface area contributed by atoms with Gasteiger partial charge in [-0.1, -0.05) is 32.6 Å². The minimum atomic E-state index is -0.375. The van der Waals surface area contributed by atoms with Gasteiger partial charge in [-0.2, -0.15) is 0 Å². The van der Waals surface area contributed by atoms with Crippen LogP contribution in [-0.4, -0.2) is 12.5 Å². The zero-order chi connectivity index (χ0) is 12.1. The van der Waals surface area contributed by atoms with Gasteiger partial charge in [-0.3, -0.25) is 10.2 Å². The second-order valence-corrected chi connectivity index (χ2v) is 2.16. The molecule has 0 aliphatic heterocycles. The number of hydrogen-bond acceptors (Lipinski definition) is 3. The van der Waals surface area contributed by atoms with Gasteiger partial charge in [0.1, 0.15) is 5.76 Å². The molecule has 0 aliphatic carbocycles. The Balaban J connectivity index is 0. The van der Waals surface area contributed by atoms with Crippen molar-refractivity contribution >= 4 is 5.91 Å². The second kappa shape index (κ2) is 12.4. The Bertz CT molecular complexity index is 233. The van der Waals surface area contributed by atoms with E-state index in [0.29, 0.717) is 5.76 Å². The van der Waals surface area contributed by atoms with Crippen molar-refractivity contribution in [2.24, 2.45) is 5.84 Å². The van der Waals surface area contributed by atoms with E-state index in [9.17, 15) is 4.79 Å². The zero-order valence-electron chi connectivity index (χ0n) is 9.62. The lowest BCUT2D eigenvalue weighted by Crippen LogP contribution is -2.33. The lowest BCUT2D eigenvalue weighted by molar-refractivity contribution is -0.124. The number of ether oxygens (including phenoxy) is 1. The predicted molar refractivity (Wildman–Crippen MR) is 62.7 cm³/mol. The highest BCUT2D eigenvalue weighted by Gasteiger charge is 1.98. The van der Waals surface area contributed by atoms with Crippen LogP contribution in [0.3, 0.4) is 0 Å². The minimum Gasteiger partial charge on any atom is -0.484 e. The van der Waals surface area contributed by atoms with Gasteiger partial charge >= 0.3 is 0 Å². The Hall–Kier alpha value is -1.55. The smallest absolute Gasteiger partial charge is 0.271 e. The highest BCUT2D eigenvalue weighted by atomic mass is 16.5. The predicted octanol–water partition coefficient (Wildman–Crippen LogP) is 1.67. The van der Waals surface area contributed by atoms with E-state index in [1.807, 2.05) is 26.2 Å². The van der Waals surface area contributed by atoms with Crippen molar-refractivity contribution in [2.75, 3.05) is 6.61 Å². The molecule has 0 fully saturated rings. The van der Waals surface area contributed by atoms with Crippen LogP contribution in [0.25, 0.3) is 0 Å². The molecular formula is C11H20N2O2. The summed E-state index contributed by atoms with van der Waals surface area (Å²) in [5.41, 5.74) is 1.96. The zero-order valence-corrected chi connectivity index (χ0v) is 9.62. The van der Waals surface area contributed by atoms with Crippen LogP contribution in [0.5, 0.6) is 0 Å². The minimum absolute atomic E-state index is 0.0967. The van der Waals surface area contributed by atoms with Gasteiger partial charge in [0.15, 0.2) is 6.61 Å². The molecule has 0 aromatic carbocycles. The van der Waals surface area contributed by atoms with Crippen molar-refractivity contribution in [3.05, 3.63) is 36.6 Å². The normalized spacial score (nSPS) is 10.3. The highest BCUT2D eigenvalue weighted by molar-refractivity contribution is 5.76. The van der Waals surface area contributed by atoms with Crippen LogP contribution in [0.1, 0.15) is 20.8 Å². The van der Waals surface area contributed by atoms with Gasteiger partial charge < -0.3 is 4.74 Å². The molecule has 3 N–H and O–H groups in total. The van der Waals surface area contributed by atoms with E-state index in [0.717, 1.165) is 0 Å². The number of hydrogen-bond donors (Lipinski definition) is 2. The average Bonchev–Trinajstić information content (AvgIpc) is 2.28. The third-order valence-electron chi connectivity index (χ3n) is 1.14. The van der Waals surface area contributed by atoms with E-state index in [-0.39, 0.29) is 12.5 Å². The largest absolute Gasteiger partial charge is 0.484 e. The second-order valence-electron chi connectivity index (χ2n) is 2.16. The molecule has 0 radical (unpaired) electrons. The summed E-state index contributed by atoms with van der Waals surface area (Å²) in [6, 6.07) is 0. The van der Waals surface area contributed by atoms with E-state index in [1.165, 1.54) is 0 Å². The molecule has 0 spiro atoms. The van der Waals surface area contributed by atoms with Gasteiger partial charge in [0.05, 0.1) is 0 Å². The molecule has 0 rings (SSSR count). The van der Waals surface area contributed by atoms with E-state index < -0.39 is 0 Å². The third kappa shape index (κ3) is 10.4. The van der Waals surface area contributed by atoms with Crippen molar-refractivity contribution in [2.45, 2.75) is 20.8 Å². The summed E-state index contributed by atoms with van der Waals surface area (Å²) in [5.74, 6) is 5.06. The number of carbonyl (C=O) groups is 1. The fraction of sp³-hybridized carbons (Fsp3) is 0.364. The SMILES string of the molecule is C=C/C=C(\C=C/C)OCC(=O)NN.CC. The summed E-state index contributed by atoms with van der Waals surface area (Å²) < 4.78 is 5.09. The Morgan fingerprint density at radius 3 is 2.53 bits per heavy atom. The standard InChI is InChI=1S/C9H14N2O2.C2H6/c1-3-5-8(6-4-2)13-7-9(12)11-10;1-2/h3-6H,1,7,10H2,2H3,(H,11,12);1-2H3/b6-4-,8-5+;. The van der Waals surface area contributed by atoms with Gasteiger partial charge in [0.2, 0.25) is 0 Å². The van der Waals surface area contributed by atoms with Crippen molar-refractivity contribution in [3.8, 4) is 0 Å². The summed E-state index contributed by atoms with van der Waals surface area (Å²) in [7, 11) is 0. The molecule has 0 bridgehead atoms. The molecule has 4 heteroatoms. The molecule has 15 heavy (non-hydrogen) atoms. The molecule has 1 amide bonds. The molecule has 0 unspecified atom stereocenters. The fourth-order valence-electron chi connectivity index (χ4n) is 0.623. The molecule has 0 aromatic rings. The molecule has 0 atom stereocenters. The van der Waals surface area contributed by atoms with Crippen LogP contribution >= 0.6 is 0 Å². The van der Waals surface area contributed by atoms with Crippen LogP contribution in [0, 0.1) is 0 Å². The number of rotatable bonds is 5. The van der Waals surface area contributed by atoms with E-state index in [1.54, 1.807) is 24.3 Å². The van der Waals surface area contributed by atoms with Crippen molar-refractivity contribution in [3.63, 3.8) is 0 Å². The van der Waals surface area contributed by atoms with Crippen LogP contribution in [0.15, 0.2) is 36.6 Å². The number of amides is 1. The number of carbonyl (C=O) groups excluding carboxylic acids is 1. The topological polar surface area (TPSA) is 64.3 Å². The van der Waals surface area contributed by atoms with Gasteiger partial charge in [0.25, 0.3) is 5.91 Å². The first-order valence-electron chi connectivity index (χ1n) is 4.82. The lowest BCUT2D eigenvalue weighted by atomic mass is 10.4. The summed E-state index contributed by atoms with van der Waals surface area (Å²) >= 11 is 0. The number of hydrazine groups is 1. The molecule has 86 valence electrons. The first-order valence-corrected chi connectivity index (χ1v) is 4.82. The van der Waals surface area contributed by atoms with Gasteiger partial charge in [-0.25, -0.2) is 5.84 Å². The first kappa shape index (κ1) is 15.9. The van der Waals surface area contributed by atoms with Crippen LogP contribution in [-0.2, 0) is 9.53 Å². The number of nitrogens with two attached hydrogens (primary N) is 1. The fourth-order valence-corrected chi connectivity index (χ4v) is 0.623. The van der Waals surface area contributed by atoms with Crippen LogP contribution < -0.4 is 11.3 Å². The van der Waals surface area contributed by atoms with Crippen molar-refractivity contribution in [1.29, 1.82) is 0 Å². The maximum atomic E-state index is 10.7. The van der Waals surface area contributed by atoms with Crippen molar-refractivity contribution in [1.82, 2.24) is 5.43 Å².